The van der Waals surface area contributed by atoms with Crippen LogP contribution in [0.15, 0.2) is 64.3 Å². The van der Waals surface area contributed by atoms with Gasteiger partial charge in [0.2, 0.25) is 5.56 Å². The number of nitrogens with one attached hydrogen (secondary N) is 2. The molecule has 0 atom stereocenters. The van der Waals surface area contributed by atoms with Crippen molar-refractivity contribution < 1.29 is 4.79 Å². The number of aromatic amines is 1. The van der Waals surface area contributed by atoms with Gasteiger partial charge in [0.15, 0.2) is 5.65 Å². The lowest BCUT2D eigenvalue weighted by Gasteiger charge is -2.32. The van der Waals surface area contributed by atoms with Crippen LogP contribution in [0.2, 0.25) is 0 Å². The van der Waals surface area contributed by atoms with Crippen LogP contribution in [0.5, 0.6) is 0 Å². The number of carbonyl (C=O) groups excluding carboxylic acids is 1. The van der Waals surface area contributed by atoms with Gasteiger partial charge in [0.25, 0.3) is 11.5 Å². The van der Waals surface area contributed by atoms with Gasteiger partial charge in [0.1, 0.15) is 5.52 Å². The number of H-pyrrole nitrogens is 1. The van der Waals surface area contributed by atoms with Crippen molar-refractivity contribution in [2.45, 2.75) is 19.9 Å². The summed E-state index contributed by atoms with van der Waals surface area (Å²) in [5.41, 5.74) is 2.68. The van der Waals surface area contributed by atoms with Crippen molar-refractivity contribution in [3.05, 3.63) is 81.0 Å². The first-order valence-electron chi connectivity index (χ1n) is 13.2. The van der Waals surface area contributed by atoms with E-state index in [2.05, 4.69) is 27.1 Å². The Morgan fingerprint density at radius 2 is 1.69 bits per heavy atom. The first-order chi connectivity index (χ1) is 18.8. The van der Waals surface area contributed by atoms with Crippen molar-refractivity contribution in [3.8, 4) is 22.5 Å². The summed E-state index contributed by atoms with van der Waals surface area (Å²) in [5, 5.41) is 2.95. The summed E-state index contributed by atoms with van der Waals surface area (Å²) in [4.78, 5) is 55.3. The molecular weight excluding hydrogens is 494 g/mol. The van der Waals surface area contributed by atoms with Gasteiger partial charge in [-0.05, 0) is 27.0 Å². The third-order valence-electron chi connectivity index (χ3n) is 7.04. The molecule has 5 rings (SSSR count). The molecule has 1 fully saturated rings. The van der Waals surface area contributed by atoms with Gasteiger partial charge < -0.3 is 19.8 Å². The number of likely N-dealkylation sites (N-methyl/N-ethyl adjacent to an activating group) is 1. The van der Waals surface area contributed by atoms with Crippen LogP contribution in [-0.4, -0.2) is 81.5 Å². The Kier molecular flexibility index (Phi) is 7.67. The van der Waals surface area contributed by atoms with Gasteiger partial charge in [-0.1, -0.05) is 30.3 Å². The molecule has 3 aromatic heterocycles. The van der Waals surface area contributed by atoms with E-state index in [0.29, 0.717) is 29.0 Å². The zero-order valence-corrected chi connectivity index (χ0v) is 22.5. The maximum atomic E-state index is 13.3. The number of hydrogen-bond acceptors (Lipinski definition) is 7. The van der Waals surface area contributed by atoms with Crippen LogP contribution in [0, 0.1) is 0 Å². The standard InChI is InChI=1S/C29H33N7O3/c1-19(2)36-18-21(9-10-24(36)38)26-25(20-7-5-4-6-8-20)33-28-27(32-26)22(17-23(37)31-28)29(39)30-11-12-35-15-13-34(3)14-16-35/h4-10,17-19H,11-16H2,1-3H3,(H,30,39)(H,31,33,37). The molecule has 0 unspecified atom stereocenters. The number of nitrogens with zero attached hydrogens (tertiary/aromatic N) is 5. The second-order valence-electron chi connectivity index (χ2n) is 10.2. The lowest BCUT2D eigenvalue weighted by atomic mass is 10.0. The largest absolute Gasteiger partial charge is 0.351 e. The topological polar surface area (TPSA) is 116 Å². The highest BCUT2D eigenvalue weighted by molar-refractivity contribution is 6.04. The number of aromatic nitrogens is 4. The molecule has 1 aliphatic rings. The minimum atomic E-state index is -0.430. The Balaban J connectivity index is 1.56. The maximum absolute atomic E-state index is 13.3. The molecule has 4 aromatic rings. The zero-order chi connectivity index (χ0) is 27.5. The van der Waals surface area contributed by atoms with E-state index in [0.717, 1.165) is 38.3 Å². The van der Waals surface area contributed by atoms with Crippen molar-refractivity contribution in [3.63, 3.8) is 0 Å². The van der Waals surface area contributed by atoms with Crippen molar-refractivity contribution in [1.29, 1.82) is 0 Å². The highest BCUT2D eigenvalue weighted by atomic mass is 16.2. The monoisotopic (exact) mass is 527 g/mol. The number of hydrogen-bond donors (Lipinski definition) is 2. The van der Waals surface area contributed by atoms with Crippen molar-refractivity contribution in [1.82, 2.24) is 34.6 Å². The summed E-state index contributed by atoms with van der Waals surface area (Å²) in [6.07, 6.45) is 1.76. The van der Waals surface area contributed by atoms with Gasteiger partial charge in [-0.3, -0.25) is 19.3 Å². The van der Waals surface area contributed by atoms with E-state index in [-0.39, 0.29) is 28.7 Å². The zero-order valence-electron chi connectivity index (χ0n) is 22.5. The molecule has 0 aliphatic carbocycles. The molecule has 0 radical (unpaired) electrons. The Hall–Kier alpha value is -4.15. The van der Waals surface area contributed by atoms with E-state index in [1.54, 1.807) is 16.8 Å². The molecule has 10 nitrogen and oxygen atoms in total. The fourth-order valence-electron chi connectivity index (χ4n) is 4.78. The van der Waals surface area contributed by atoms with Crippen LogP contribution in [-0.2, 0) is 0 Å². The van der Waals surface area contributed by atoms with Gasteiger partial charge in [0.05, 0.1) is 17.0 Å². The Morgan fingerprint density at radius 3 is 2.41 bits per heavy atom. The summed E-state index contributed by atoms with van der Waals surface area (Å²) < 4.78 is 1.63. The lowest BCUT2D eigenvalue weighted by molar-refractivity contribution is 0.0942. The van der Waals surface area contributed by atoms with Crippen molar-refractivity contribution >= 4 is 17.1 Å². The second-order valence-corrected chi connectivity index (χ2v) is 10.2. The number of rotatable bonds is 7. The van der Waals surface area contributed by atoms with Gasteiger partial charge in [-0.2, -0.15) is 0 Å². The number of amides is 1. The lowest BCUT2D eigenvalue weighted by Crippen LogP contribution is -2.46. The molecule has 1 saturated heterocycles. The van der Waals surface area contributed by atoms with Crippen LogP contribution >= 0.6 is 0 Å². The summed E-state index contributed by atoms with van der Waals surface area (Å²) in [7, 11) is 2.10. The average molecular weight is 528 g/mol. The van der Waals surface area contributed by atoms with Crippen LogP contribution in [0.1, 0.15) is 30.2 Å². The van der Waals surface area contributed by atoms with E-state index in [4.69, 9.17) is 9.97 Å². The number of fused-ring (bicyclic) bond motifs is 1. The first-order valence-corrected chi connectivity index (χ1v) is 13.2. The molecule has 1 aromatic carbocycles. The molecule has 2 N–H and O–H groups in total. The number of piperazine rings is 1. The fourth-order valence-corrected chi connectivity index (χ4v) is 4.78. The minimum absolute atomic E-state index is 0.0518. The molecule has 1 amide bonds. The minimum Gasteiger partial charge on any atom is -0.351 e. The van der Waals surface area contributed by atoms with E-state index in [1.807, 2.05) is 44.2 Å². The summed E-state index contributed by atoms with van der Waals surface area (Å²) >= 11 is 0. The first kappa shape index (κ1) is 26.5. The van der Waals surface area contributed by atoms with Crippen LogP contribution in [0.25, 0.3) is 33.7 Å². The second kappa shape index (κ2) is 11.3. The van der Waals surface area contributed by atoms with Gasteiger partial charge in [-0.25, -0.2) is 9.97 Å². The molecule has 1 aliphatic heterocycles. The van der Waals surface area contributed by atoms with E-state index in [1.165, 1.54) is 12.1 Å². The fraction of sp³-hybridized carbons (Fsp3) is 0.345. The Bertz CT molecular complexity index is 1600. The van der Waals surface area contributed by atoms with Crippen molar-refractivity contribution in [2.75, 3.05) is 46.3 Å². The molecule has 4 heterocycles. The molecule has 0 bridgehead atoms. The van der Waals surface area contributed by atoms with E-state index >= 15 is 0 Å². The molecule has 39 heavy (non-hydrogen) atoms. The molecular formula is C29H33N7O3. The quantitative estimate of drug-likeness (QED) is 0.379. The SMILES string of the molecule is CC(C)n1cc(-c2nc3c(C(=O)NCCN4CCN(C)CC4)cc(=O)[nH]c3nc2-c2ccccc2)ccc1=O. The van der Waals surface area contributed by atoms with Gasteiger partial charge >= 0.3 is 0 Å². The molecule has 0 spiro atoms. The predicted octanol–water partition coefficient (Wildman–Crippen LogP) is 2.37. The number of pyridine rings is 2. The maximum Gasteiger partial charge on any atom is 0.253 e. The van der Waals surface area contributed by atoms with Crippen molar-refractivity contribution in [2.24, 2.45) is 0 Å². The Labute approximate surface area is 226 Å². The van der Waals surface area contributed by atoms with Crippen LogP contribution in [0.4, 0.5) is 0 Å². The summed E-state index contributed by atoms with van der Waals surface area (Å²) in [6.45, 7) is 8.96. The molecule has 202 valence electrons. The highest BCUT2D eigenvalue weighted by Crippen LogP contribution is 2.31. The van der Waals surface area contributed by atoms with Gasteiger partial charge in [0, 0.05) is 74.8 Å². The van der Waals surface area contributed by atoms with Crippen LogP contribution < -0.4 is 16.4 Å². The predicted molar refractivity (Wildman–Crippen MR) is 152 cm³/mol. The normalized spacial score (nSPS) is 14.7. The smallest absolute Gasteiger partial charge is 0.253 e. The molecule has 10 heteroatoms. The third kappa shape index (κ3) is 5.81. The highest BCUT2D eigenvalue weighted by Gasteiger charge is 2.20. The van der Waals surface area contributed by atoms with Gasteiger partial charge in [-0.15, -0.1) is 0 Å². The Morgan fingerprint density at radius 1 is 0.974 bits per heavy atom. The molecule has 0 saturated carbocycles. The number of benzene rings is 1. The summed E-state index contributed by atoms with van der Waals surface area (Å²) in [5.74, 6) is -0.375. The number of carbonyl (C=O) groups is 1. The summed E-state index contributed by atoms with van der Waals surface area (Å²) in [6, 6.07) is 13.9. The third-order valence-corrected chi connectivity index (χ3v) is 7.04. The van der Waals surface area contributed by atoms with Crippen LogP contribution in [0.3, 0.4) is 0 Å². The van der Waals surface area contributed by atoms with E-state index in [9.17, 15) is 14.4 Å². The average Bonchev–Trinajstić information content (AvgIpc) is 2.93. The van der Waals surface area contributed by atoms with E-state index < -0.39 is 5.56 Å².